The van der Waals surface area contributed by atoms with E-state index in [9.17, 15) is 5.11 Å². The lowest BCUT2D eigenvalue weighted by molar-refractivity contribution is -0.0787. The van der Waals surface area contributed by atoms with Crippen LogP contribution >= 0.6 is 22.6 Å². The molecule has 2 aliphatic rings. The first kappa shape index (κ1) is 10.2. The minimum atomic E-state index is -0.268. The quantitative estimate of drug-likeness (QED) is 0.593. The van der Waals surface area contributed by atoms with E-state index >= 15 is 0 Å². The molecule has 0 spiro atoms. The number of hydrogen-bond donors (Lipinski definition) is 1. The summed E-state index contributed by atoms with van der Waals surface area (Å²) in [5.41, 5.74) is -0.329. The molecule has 0 aromatic rings. The molecule has 0 aromatic heterocycles. The molecule has 4 unspecified atom stereocenters. The number of fused-ring (bicyclic) bond motifs is 2. The first-order chi connectivity index (χ1) is 5.91. The van der Waals surface area contributed by atoms with Crippen molar-refractivity contribution in [2.75, 3.05) is 0 Å². The van der Waals surface area contributed by atoms with Gasteiger partial charge in [-0.1, -0.05) is 36.4 Å². The lowest BCUT2D eigenvalue weighted by Gasteiger charge is -2.34. The summed E-state index contributed by atoms with van der Waals surface area (Å²) in [5.74, 6) is 0.494. The van der Waals surface area contributed by atoms with Gasteiger partial charge in [0.1, 0.15) is 0 Å². The monoisotopic (exact) mass is 296 g/mol. The molecule has 0 aliphatic carbocycles. The zero-order valence-corrected chi connectivity index (χ0v) is 10.5. The van der Waals surface area contributed by atoms with Crippen LogP contribution in [0.5, 0.6) is 0 Å². The Hall–Kier alpha value is 0.650. The molecule has 2 fully saturated rings. The topological polar surface area (TPSA) is 29.5 Å². The molecule has 1 N–H and O–H groups in total. The van der Waals surface area contributed by atoms with Gasteiger partial charge in [-0.3, -0.25) is 0 Å². The Kier molecular flexibility index (Phi) is 2.21. The number of aliphatic hydroxyl groups excluding tert-OH is 1. The number of aliphatic hydroxyl groups is 1. The number of hydrogen-bond acceptors (Lipinski definition) is 2. The average molecular weight is 296 g/mol. The van der Waals surface area contributed by atoms with E-state index in [2.05, 4.69) is 36.4 Å². The first-order valence-corrected chi connectivity index (χ1v) is 6.17. The Bertz CT molecular complexity index is 231. The smallest absolute Gasteiger partial charge is 0.0932 e. The van der Waals surface area contributed by atoms with Gasteiger partial charge in [-0.15, -0.1) is 0 Å². The van der Waals surface area contributed by atoms with E-state index in [1.54, 1.807) is 0 Å². The zero-order valence-electron chi connectivity index (χ0n) is 8.38. The third-order valence-corrected chi connectivity index (χ3v) is 5.23. The molecule has 0 amide bonds. The number of ether oxygens (including phenoxy) is 1. The maximum Gasteiger partial charge on any atom is 0.0932 e. The van der Waals surface area contributed by atoms with Crippen LogP contribution in [0.25, 0.3) is 0 Å². The highest BCUT2D eigenvalue weighted by Crippen LogP contribution is 2.56. The third kappa shape index (κ3) is 1.20. The van der Waals surface area contributed by atoms with E-state index in [-0.39, 0.29) is 17.3 Å². The van der Waals surface area contributed by atoms with Gasteiger partial charge in [0.25, 0.3) is 0 Å². The third-order valence-electron chi connectivity index (χ3n) is 3.73. The van der Waals surface area contributed by atoms with Crippen LogP contribution in [0.3, 0.4) is 0 Å². The molecule has 2 nitrogen and oxygen atoms in total. The Morgan fingerprint density at radius 2 is 2.08 bits per heavy atom. The predicted molar refractivity (Wildman–Crippen MR) is 60.1 cm³/mol. The Morgan fingerprint density at radius 3 is 2.38 bits per heavy atom. The van der Waals surface area contributed by atoms with Gasteiger partial charge in [0.05, 0.1) is 17.3 Å². The number of rotatable bonds is 1. The molecule has 2 saturated heterocycles. The maximum absolute atomic E-state index is 9.88. The summed E-state index contributed by atoms with van der Waals surface area (Å²) in [7, 11) is 0. The van der Waals surface area contributed by atoms with Crippen LogP contribution in [-0.4, -0.2) is 26.3 Å². The second-order valence-electron chi connectivity index (χ2n) is 4.92. The van der Waals surface area contributed by atoms with Gasteiger partial charge >= 0.3 is 0 Å². The summed E-state index contributed by atoms with van der Waals surface area (Å²) in [5, 5.41) is 9.88. The molecule has 4 atom stereocenters. The molecular formula is C10H17IO2. The van der Waals surface area contributed by atoms with Crippen LogP contribution in [0.4, 0.5) is 0 Å². The van der Waals surface area contributed by atoms with Crippen molar-refractivity contribution < 1.29 is 9.84 Å². The van der Waals surface area contributed by atoms with E-state index in [4.69, 9.17) is 4.74 Å². The lowest BCUT2D eigenvalue weighted by Crippen LogP contribution is -2.43. The Morgan fingerprint density at radius 1 is 1.46 bits per heavy atom. The van der Waals surface area contributed by atoms with Gasteiger partial charge in [-0.05, 0) is 19.3 Å². The summed E-state index contributed by atoms with van der Waals surface area (Å²) in [4.78, 5) is 0. The summed E-state index contributed by atoms with van der Waals surface area (Å²) in [6.07, 6.45) is 1.54. The SMILES string of the molecule is CC(C)C12CC(O)C(C)(CC1I)O2. The van der Waals surface area contributed by atoms with Crippen molar-refractivity contribution in [1.82, 2.24) is 0 Å². The summed E-state index contributed by atoms with van der Waals surface area (Å²) < 4.78 is 6.63. The van der Waals surface area contributed by atoms with Gasteiger partial charge in [-0.25, -0.2) is 0 Å². The van der Waals surface area contributed by atoms with Crippen molar-refractivity contribution in [3.8, 4) is 0 Å². The van der Waals surface area contributed by atoms with Gasteiger partial charge in [0, 0.05) is 10.3 Å². The highest BCUT2D eigenvalue weighted by molar-refractivity contribution is 14.1. The molecule has 2 bridgehead atoms. The largest absolute Gasteiger partial charge is 0.390 e. The van der Waals surface area contributed by atoms with Gasteiger partial charge < -0.3 is 9.84 Å². The van der Waals surface area contributed by atoms with Crippen molar-refractivity contribution in [2.24, 2.45) is 5.92 Å². The number of alkyl halides is 1. The van der Waals surface area contributed by atoms with Crippen molar-refractivity contribution >= 4 is 22.6 Å². The van der Waals surface area contributed by atoms with Crippen LogP contribution < -0.4 is 0 Å². The van der Waals surface area contributed by atoms with E-state index in [1.807, 2.05) is 6.92 Å². The van der Waals surface area contributed by atoms with Crippen molar-refractivity contribution in [1.29, 1.82) is 0 Å². The van der Waals surface area contributed by atoms with Gasteiger partial charge in [0.2, 0.25) is 0 Å². The fourth-order valence-electron chi connectivity index (χ4n) is 2.68. The fourth-order valence-corrected chi connectivity index (χ4v) is 4.65. The van der Waals surface area contributed by atoms with Gasteiger partial charge in [-0.2, -0.15) is 0 Å². The van der Waals surface area contributed by atoms with Crippen molar-refractivity contribution in [3.05, 3.63) is 0 Å². The predicted octanol–water partition coefficient (Wildman–Crippen LogP) is 2.13. The average Bonchev–Trinajstić information content (AvgIpc) is 2.37. The Balaban J connectivity index is 2.32. The second kappa shape index (κ2) is 2.83. The lowest BCUT2D eigenvalue weighted by atomic mass is 9.76. The molecule has 2 aliphatic heterocycles. The van der Waals surface area contributed by atoms with Crippen LogP contribution in [0, 0.1) is 5.92 Å². The van der Waals surface area contributed by atoms with E-state index in [0.717, 1.165) is 12.8 Å². The standard InChI is InChI=1S/C10H17IO2/c1-6(2)10-5-8(12)9(3,13-10)4-7(10)11/h6-8,12H,4-5H2,1-3H3. The molecule has 76 valence electrons. The van der Waals surface area contributed by atoms with Crippen LogP contribution in [0.2, 0.25) is 0 Å². The zero-order chi connectivity index (χ0) is 9.85. The Labute approximate surface area is 93.2 Å². The fraction of sp³-hybridized carbons (Fsp3) is 1.00. The molecule has 0 radical (unpaired) electrons. The van der Waals surface area contributed by atoms with Crippen LogP contribution in [0.1, 0.15) is 33.6 Å². The molecule has 0 saturated carbocycles. The summed E-state index contributed by atoms with van der Waals surface area (Å²) >= 11 is 2.48. The highest BCUT2D eigenvalue weighted by atomic mass is 127. The molecular weight excluding hydrogens is 279 g/mol. The molecule has 0 aromatic carbocycles. The second-order valence-corrected chi connectivity index (χ2v) is 6.42. The molecule has 3 heteroatoms. The normalized spacial score (nSPS) is 54.9. The minimum Gasteiger partial charge on any atom is -0.390 e. The minimum absolute atomic E-state index is 0.0608. The number of halogens is 1. The van der Waals surface area contributed by atoms with Gasteiger partial charge in [0.15, 0.2) is 0 Å². The highest BCUT2D eigenvalue weighted by Gasteiger charge is 2.64. The van der Waals surface area contributed by atoms with Crippen LogP contribution in [0.15, 0.2) is 0 Å². The van der Waals surface area contributed by atoms with E-state index < -0.39 is 0 Å². The van der Waals surface area contributed by atoms with E-state index in [1.165, 1.54) is 0 Å². The van der Waals surface area contributed by atoms with Crippen molar-refractivity contribution in [2.45, 2.75) is 54.8 Å². The molecule has 2 rings (SSSR count). The van der Waals surface area contributed by atoms with E-state index in [0.29, 0.717) is 9.84 Å². The maximum atomic E-state index is 9.88. The first-order valence-electron chi connectivity index (χ1n) is 4.93. The summed E-state index contributed by atoms with van der Waals surface area (Å²) in [6.45, 7) is 6.42. The molecule has 2 heterocycles. The molecule has 13 heavy (non-hydrogen) atoms. The van der Waals surface area contributed by atoms with Crippen LogP contribution in [-0.2, 0) is 4.74 Å². The van der Waals surface area contributed by atoms with Crippen molar-refractivity contribution in [3.63, 3.8) is 0 Å². The summed E-state index contributed by atoms with van der Waals surface area (Å²) in [6, 6.07) is 0.